The monoisotopic (exact) mass is 629 g/mol. The molecule has 1 aliphatic heterocycles. The Morgan fingerprint density at radius 2 is 1.30 bits per heavy atom. The average molecular weight is 630 g/mol. The highest BCUT2D eigenvalue weighted by Gasteiger charge is 2.45. The molecule has 5 rings (SSSR count). The first-order chi connectivity index (χ1) is 22.5. The van der Waals surface area contributed by atoms with E-state index in [1.807, 2.05) is 91.0 Å². The molecule has 1 heterocycles. The maximum Gasteiger partial charge on any atom is 0.319 e. The van der Waals surface area contributed by atoms with E-state index in [0.29, 0.717) is 26.4 Å². The number of nitrogens with zero attached hydrogens (tertiary/aromatic N) is 1. The number of hydrogen-bond acceptors (Lipinski definition) is 5. The highest BCUT2D eigenvalue weighted by atomic mass is 19.1. The summed E-state index contributed by atoms with van der Waals surface area (Å²) in [5.41, 5.74) is 2.98. The first-order valence-electron chi connectivity index (χ1n) is 15.7. The van der Waals surface area contributed by atoms with Crippen molar-refractivity contribution in [2.24, 2.45) is 0 Å². The number of ether oxygens (including phenoxy) is 3. The van der Waals surface area contributed by atoms with Crippen molar-refractivity contribution in [3.63, 3.8) is 0 Å². The van der Waals surface area contributed by atoms with Gasteiger partial charge in [0.1, 0.15) is 23.8 Å². The first kappa shape index (κ1) is 33.2. The van der Waals surface area contributed by atoms with Crippen molar-refractivity contribution >= 4 is 11.7 Å². The van der Waals surface area contributed by atoms with Crippen LogP contribution in [-0.2, 0) is 34.0 Å². The van der Waals surface area contributed by atoms with Gasteiger partial charge in [0.25, 0.3) is 0 Å². The minimum atomic E-state index is -0.850. The number of benzene rings is 4. The molecule has 2 N–H and O–H groups in total. The Bertz CT molecular complexity index is 1500. The molecule has 0 aliphatic carbocycles. The Hall–Kier alpha value is -4.15. The van der Waals surface area contributed by atoms with Gasteiger partial charge in [0.15, 0.2) is 0 Å². The van der Waals surface area contributed by atoms with Crippen molar-refractivity contribution in [1.82, 2.24) is 10.2 Å². The van der Waals surface area contributed by atoms with Crippen LogP contribution in [0, 0.1) is 11.6 Å². The summed E-state index contributed by atoms with van der Waals surface area (Å²) >= 11 is 0. The van der Waals surface area contributed by atoms with E-state index in [1.54, 1.807) is 0 Å². The molecule has 9 heteroatoms. The number of carbonyl (C=O) groups excluding carboxylic acids is 1. The SMILES string of the molecule is CCCN1C[C@H](OCc2ccccc2)[C@H](OCc2ccccc2)[C@H](OCc2ccccc2)[C@H]1CNC(=O)Nc1ccc(F)cc1F. The van der Waals surface area contributed by atoms with Crippen molar-refractivity contribution < 1.29 is 27.8 Å². The van der Waals surface area contributed by atoms with Gasteiger partial charge in [-0.2, -0.15) is 0 Å². The van der Waals surface area contributed by atoms with Crippen molar-refractivity contribution in [3.8, 4) is 0 Å². The van der Waals surface area contributed by atoms with Gasteiger partial charge in [0.05, 0.1) is 37.7 Å². The van der Waals surface area contributed by atoms with Gasteiger partial charge >= 0.3 is 6.03 Å². The summed E-state index contributed by atoms with van der Waals surface area (Å²) in [5, 5.41) is 5.39. The van der Waals surface area contributed by atoms with Crippen molar-refractivity contribution in [2.75, 3.05) is 25.0 Å². The molecule has 0 aromatic heterocycles. The Morgan fingerprint density at radius 1 is 0.761 bits per heavy atom. The van der Waals surface area contributed by atoms with Crippen LogP contribution in [0.4, 0.5) is 19.3 Å². The molecule has 242 valence electrons. The van der Waals surface area contributed by atoms with Crippen LogP contribution in [0.15, 0.2) is 109 Å². The van der Waals surface area contributed by atoms with Gasteiger partial charge in [-0.3, -0.25) is 4.90 Å². The number of amides is 2. The van der Waals surface area contributed by atoms with Crippen molar-refractivity contribution in [1.29, 1.82) is 0 Å². The number of urea groups is 1. The summed E-state index contributed by atoms with van der Waals surface area (Å²) in [6, 6.07) is 32.0. The highest BCUT2D eigenvalue weighted by Crippen LogP contribution is 2.29. The summed E-state index contributed by atoms with van der Waals surface area (Å²) in [4.78, 5) is 15.2. The lowest BCUT2D eigenvalue weighted by molar-refractivity contribution is -0.202. The van der Waals surface area contributed by atoms with Crippen LogP contribution in [0.3, 0.4) is 0 Å². The molecule has 7 nitrogen and oxygen atoms in total. The van der Waals surface area contributed by atoms with Crippen LogP contribution >= 0.6 is 0 Å². The Balaban J connectivity index is 1.40. The predicted molar refractivity (Wildman–Crippen MR) is 174 cm³/mol. The fourth-order valence-corrected chi connectivity index (χ4v) is 5.72. The zero-order valence-electron chi connectivity index (χ0n) is 26.0. The Morgan fingerprint density at radius 3 is 1.85 bits per heavy atom. The van der Waals surface area contributed by atoms with Gasteiger partial charge in [0, 0.05) is 19.2 Å². The largest absolute Gasteiger partial charge is 0.369 e. The molecule has 4 aromatic rings. The third-order valence-corrected chi connectivity index (χ3v) is 7.99. The van der Waals surface area contributed by atoms with E-state index in [-0.39, 0.29) is 24.4 Å². The van der Waals surface area contributed by atoms with E-state index in [0.717, 1.165) is 41.8 Å². The number of likely N-dealkylation sites (tertiary alicyclic amines) is 1. The second kappa shape index (κ2) is 17.0. The third-order valence-electron chi connectivity index (χ3n) is 7.99. The molecule has 0 radical (unpaired) electrons. The lowest BCUT2D eigenvalue weighted by Crippen LogP contribution is -2.66. The molecule has 0 saturated carbocycles. The molecule has 1 fully saturated rings. The summed E-state index contributed by atoms with van der Waals surface area (Å²) < 4.78 is 47.6. The maximum atomic E-state index is 14.3. The zero-order chi connectivity index (χ0) is 32.1. The summed E-state index contributed by atoms with van der Waals surface area (Å²) in [6.45, 7) is 4.72. The minimum absolute atomic E-state index is 0.108. The summed E-state index contributed by atoms with van der Waals surface area (Å²) in [6.07, 6.45) is -0.414. The highest BCUT2D eigenvalue weighted by molar-refractivity contribution is 5.89. The van der Waals surface area contributed by atoms with Crippen LogP contribution < -0.4 is 10.6 Å². The van der Waals surface area contributed by atoms with Crippen LogP contribution in [0.25, 0.3) is 0 Å². The van der Waals surface area contributed by atoms with Crippen LogP contribution in [-0.4, -0.2) is 54.9 Å². The molecular weight excluding hydrogens is 588 g/mol. The van der Waals surface area contributed by atoms with Gasteiger partial charge < -0.3 is 24.8 Å². The summed E-state index contributed by atoms with van der Waals surface area (Å²) in [7, 11) is 0. The maximum absolute atomic E-state index is 14.3. The van der Waals surface area contributed by atoms with Crippen LogP contribution in [0.1, 0.15) is 30.0 Å². The van der Waals surface area contributed by atoms with Crippen molar-refractivity contribution in [2.45, 2.75) is 57.5 Å². The van der Waals surface area contributed by atoms with Crippen molar-refractivity contribution in [3.05, 3.63) is 138 Å². The summed E-state index contributed by atoms with van der Waals surface area (Å²) in [5.74, 6) is -1.57. The molecule has 4 aromatic carbocycles. The number of rotatable bonds is 14. The zero-order valence-corrected chi connectivity index (χ0v) is 26.0. The fraction of sp³-hybridized carbons (Fsp3) is 0.324. The van der Waals surface area contributed by atoms with Gasteiger partial charge in [0.2, 0.25) is 0 Å². The number of anilines is 1. The standard InChI is InChI=1S/C37H41F2N3O4/c1-2-20-42-23-34(44-24-27-12-6-3-7-13-27)36(46-26-29-16-10-5-11-17-29)35(45-25-28-14-8-4-9-15-28)33(42)22-40-37(43)41-32-19-18-30(38)21-31(32)39/h3-19,21,33-36H,2,20,22-26H2,1H3,(H2,40,41,43)/t33-,34+,35-,36+/m1/s1. The van der Waals surface area contributed by atoms with Gasteiger partial charge in [-0.25, -0.2) is 13.6 Å². The number of halogens is 2. The van der Waals surface area contributed by atoms with Gasteiger partial charge in [-0.1, -0.05) is 97.9 Å². The Labute approximate surface area is 269 Å². The third kappa shape index (κ3) is 9.43. The van der Waals surface area contributed by atoms with Gasteiger partial charge in [-0.05, 0) is 41.8 Å². The molecule has 0 bridgehead atoms. The molecule has 4 atom stereocenters. The van der Waals surface area contributed by atoms with E-state index >= 15 is 0 Å². The smallest absolute Gasteiger partial charge is 0.319 e. The fourth-order valence-electron chi connectivity index (χ4n) is 5.72. The van der Waals surface area contributed by atoms with E-state index in [9.17, 15) is 13.6 Å². The number of carbonyl (C=O) groups is 1. The normalized spacial score (nSPS) is 19.9. The number of nitrogens with one attached hydrogen (secondary N) is 2. The second-order valence-electron chi connectivity index (χ2n) is 11.4. The molecule has 1 aliphatic rings. The quantitative estimate of drug-likeness (QED) is 0.158. The van der Waals surface area contributed by atoms with E-state index in [1.165, 1.54) is 6.07 Å². The van der Waals surface area contributed by atoms with E-state index in [4.69, 9.17) is 14.2 Å². The predicted octanol–water partition coefficient (Wildman–Crippen LogP) is 6.94. The number of hydrogen-bond donors (Lipinski definition) is 2. The average Bonchev–Trinajstić information content (AvgIpc) is 3.08. The minimum Gasteiger partial charge on any atom is -0.369 e. The van der Waals surface area contributed by atoms with E-state index in [2.05, 4.69) is 22.5 Å². The lowest BCUT2D eigenvalue weighted by Gasteiger charge is -2.48. The lowest BCUT2D eigenvalue weighted by atomic mass is 9.92. The molecule has 2 amide bonds. The molecule has 1 saturated heterocycles. The number of piperidine rings is 1. The first-order valence-corrected chi connectivity index (χ1v) is 15.7. The van der Waals surface area contributed by atoms with Crippen LogP contribution in [0.2, 0.25) is 0 Å². The van der Waals surface area contributed by atoms with E-state index < -0.39 is 29.9 Å². The second-order valence-corrected chi connectivity index (χ2v) is 11.4. The molecular formula is C37H41F2N3O4. The van der Waals surface area contributed by atoms with Gasteiger partial charge in [-0.15, -0.1) is 0 Å². The topological polar surface area (TPSA) is 72.1 Å². The Kier molecular flexibility index (Phi) is 12.2. The molecule has 46 heavy (non-hydrogen) atoms. The van der Waals surface area contributed by atoms with Crippen LogP contribution in [0.5, 0.6) is 0 Å². The molecule has 0 unspecified atom stereocenters. The molecule has 0 spiro atoms.